The number of anilines is 1. The predicted octanol–water partition coefficient (Wildman–Crippen LogP) is 3.97. The summed E-state index contributed by atoms with van der Waals surface area (Å²) in [5.41, 5.74) is 1.56. The molecule has 0 spiro atoms. The van der Waals surface area contributed by atoms with Crippen molar-refractivity contribution in [3.05, 3.63) is 60.5 Å². The van der Waals surface area contributed by atoms with Gasteiger partial charge in [-0.3, -0.25) is 4.72 Å². The molecule has 0 aliphatic rings. The van der Waals surface area contributed by atoms with Crippen LogP contribution in [0, 0.1) is 0 Å². The smallest absolute Gasteiger partial charge is 0.261 e. The van der Waals surface area contributed by atoms with Gasteiger partial charge in [-0.15, -0.1) is 0 Å². The van der Waals surface area contributed by atoms with Gasteiger partial charge in [-0.25, -0.2) is 13.4 Å². The van der Waals surface area contributed by atoms with Crippen LogP contribution in [-0.2, 0) is 10.0 Å². The van der Waals surface area contributed by atoms with E-state index in [0.29, 0.717) is 5.56 Å². The van der Waals surface area contributed by atoms with Crippen LogP contribution in [0.3, 0.4) is 0 Å². The van der Waals surface area contributed by atoms with E-state index in [0.717, 1.165) is 5.56 Å². The van der Waals surface area contributed by atoms with E-state index in [4.69, 9.17) is 4.42 Å². The molecule has 2 aromatic carbocycles. The summed E-state index contributed by atoms with van der Waals surface area (Å²) in [6.45, 7) is 4.00. The molecule has 130 valence electrons. The molecule has 0 unspecified atom stereocenters. The predicted molar refractivity (Wildman–Crippen MR) is 94.9 cm³/mol. The topological polar surface area (TPSA) is 92.4 Å². The zero-order valence-electron chi connectivity index (χ0n) is 13.8. The van der Waals surface area contributed by atoms with E-state index in [2.05, 4.69) is 9.71 Å². The van der Waals surface area contributed by atoms with E-state index >= 15 is 0 Å². The number of phenolic OH excluding ortho intramolecular Hbond substituents is 1. The minimum atomic E-state index is -3.80. The van der Waals surface area contributed by atoms with E-state index in [-0.39, 0.29) is 28.1 Å². The zero-order valence-corrected chi connectivity index (χ0v) is 14.6. The van der Waals surface area contributed by atoms with E-state index < -0.39 is 10.0 Å². The number of nitrogens with one attached hydrogen (secondary N) is 1. The van der Waals surface area contributed by atoms with Gasteiger partial charge in [-0.2, -0.15) is 0 Å². The maximum atomic E-state index is 12.8. The Hall–Kier alpha value is -2.80. The van der Waals surface area contributed by atoms with Crippen molar-refractivity contribution in [3.63, 3.8) is 0 Å². The number of phenols is 1. The molecule has 7 heteroatoms. The fourth-order valence-electron chi connectivity index (χ4n) is 2.40. The molecule has 25 heavy (non-hydrogen) atoms. The van der Waals surface area contributed by atoms with Crippen LogP contribution < -0.4 is 4.72 Å². The highest BCUT2D eigenvalue weighted by molar-refractivity contribution is 7.92. The van der Waals surface area contributed by atoms with Gasteiger partial charge in [0, 0.05) is 0 Å². The van der Waals surface area contributed by atoms with Crippen molar-refractivity contribution in [2.75, 3.05) is 4.72 Å². The number of rotatable bonds is 5. The molecule has 0 fully saturated rings. The summed E-state index contributed by atoms with van der Waals surface area (Å²) >= 11 is 0. The molecule has 2 N–H and O–H groups in total. The Morgan fingerprint density at radius 2 is 1.96 bits per heavy atom. The number of nitrogens with zero attached hydrogens (tertiary/aromatic N) is 1. The molecule has 0 atom stereocenters. The lowest BCUT2D eigenvalue weighted by molar-refractivity contribution is 0.475. The van der Waals surface area contributed by atoms with Crippen LogP contribution in [0.5, 0.6) is 5.75 Å². The van der Waals surface area contributed by atoms with Gasteiger partial charge in [0.2, 0.25) is 5.89 Å². The Bertz CT molecular complexity index is 980. The molecule has 1 aromatic heterocycles. The minimum absolute atomic E-state index is 0.0158. The fourth-order valence-corrected chi connectivity index (χ4v) is 3.53. The van der Waals surface area contributed by atoms with E-state index in [1.54, 1.807) is 18.2 Å². The number of sulfonamides is 1. The fraction of sp³-hybridized carbons (Fsp3) is 0.167. The first-order valence-corrected chi connectivity index (χ1v) is 9.21. The highest BCUT2D eigenvalue weighted by Crippen LogP contribution is 2.32. The van der Waals surface area contributed by atoms with Gasteiger partial charge in [0.05, 0.1) is 22.3 Å². The maximum Gasteiger partial charge on any atom is 0.261 e. The Labute approximate surface area is 146 Å². The second-order valence-corrected chi connectivity index (χ2v) is 7.58. The van der Waals surface area contributed by atoms with Crippen LogP contribution in [0.2, 0.25) is 0 Å². The number of hydrogen-bond acceptors (Lipinski definition) is 5. The molecule has 0 saturated carbocycles. The molecule has 0 radical (unpaired) electrons. The van der Waals surface area contributed by atoms with Crippen LogP contribution >= 0.6 is 0 Å². The lowest BCUT2D eigenvalue weighted by Gasteiger charge is -2.13. The quantitative estimate of drug-likeness (QED) is 0.673. The minimum Gasteiger partial charge on any atom is -0.508 e. The van der Waals surface area contributed by atoms with Gasteiger partial charge in [-0.1, -0.05) is 26.0 Å². The molecule has 1 heterocycles. The summed E-state index contributed by atoms with van der Waals surface area (Å²) in [7, 11) is -3.80. The van der Waals surface area contributed by atoms with Crippen LogP contribution in [0.1, 0.15) is 25.3 Å². The van der Waals surface area contributed by atoms with E-state index in [1.165, 1.54) is 30.7 Å². The van der Waals surface area contributed by atoms with Gasteiger partial charge < -0.3 is 9.52 Å². The van der Waals surface area contributed by atoms with Crippen molar-refractivity contribution >= 4 is 15.7 Å². The van der Waals surface area contributed by atoms with Crippen LogP contribution in [0.4, 0.5) is 5.69 Å². The summed E-state index contributed by atoms with van der Waals surface area (Å²) in [5, 5.41) is 9.70. The Morgan fingerprint density at radius 3 is 2.64 bits per heavy atom. The largest absolute Gasteiger partial charge is 0.508 e. The average Bonchev–Trinajstić information content (AvgIpc) is 3.11. The summed E-state index contributed by atoms with van der Waals surface area (Å²) in [4.78, 5) is 4.19. The number of aromatic nitrogens is 1. The Balaban J connectivity index is 2.01. The normalized spacial score (nSPS) is 11.6. The van der Waals surface area contributed by atoms with Gasteiger partial charge in [-0.05, 0) is 41.8 Å². The first-order chi connectivity index (χ1) is 11.9. The molecule has 0 bridgehead atoms. The third-order valence-electron chi connectivity index (χ3n) is 3.75. The van der Waals surface area contributed by atoms with Crippen LogP contribution in [0.15, 0.2) is 64.2 Å². The molecule has 0 saturated heterocycles. The standard InChI is InChI=1S/C18H18N2O4S/c1-12(2)13-4-3-5-15(10-13)25(22,23)20-17-7-6-14(21)11-16(17)18-19-8-9-24-18/h3-12,20-21H,1-2H3. The molecule has 3 rings (SSSR count). The summed E-state index contributed by atoms with van der Waals surface area (Å²) in [6.07, 6.45) is 2.83. The molecular formula is C18H18N2O4S. The zero-order chi connectivity index (χ0) is 18.0. The molecule has 0 aliphatic carbocycles. The van der Waals surface area contributed by atoms with Crippen molar-refractivity contribution in [1.82, 2.24) is 4.98 Å². The highest BCUT2D eigenvalue weighted by atomic mass is 32.2. The average molecular weight is 358 g/mol. The second-order valence-electron chi connectivity index (χ2n) is 5.90. The van der Waals surface area contributed by atoms with Crippen molar-refractivity contribution < 1.29 is 17.9 Å². The first kappa shape index (κ1) is 17.0. The van der Waals surface area contributed by atoms with Gasteiger partial charge in [0.15, 0.2) is 0 Å². The van der Waals surface area contributed by atoms with Gasteiger partial charge in [0.25, 0.3) is 10.0 Å². The lowest BCUT2D eigenvalue weighted by atomic mass is 10.0. The molecule has 0 aliphatic heterocycles. The van der Waals surface area contributed by atoms with Crippen LogP contribution in [-0.4, -0.2) is 18.5 Å². The number of oxazole rings is 1. The van der Waals surface area contributed by atoms with Crippen molar-refractivity contribution in [2.45, 2.75) is 24.7 Å². The Morgan fingerprint density at radius 1 is 1.16 bits per heavy atom. The second kappa shape index (κ2) is 6.60. The van der Waals surface area contributed by atoms with E-state index in [1.807, 2.05) is 19.9 Å². The van der Waals surface area contributed by atoms with Crippen molar-refractivity contribution in [1.29, 1.82) is 0 Å². The van der Waals surface area contributed by atoms with E-state index in [9.17, 15) is 13.5 Å². The first-order valence-electron chi connectivity index (χ1n) is 7.72. The van der Waals surface area contributed by atoms with Crippen molar-refractivity contribution in [3.8, 4) is 17.2 Å². The molecule has 0 amide bonds. The van der Waals surface area contributed by atoms with Gasteiger partial charge in [0.1, 0.15) is 12.0 Å². The SMILES string of the molecule is CC(C)c1cccc(S(=O)(=O)Nc2ccc(O)cc2-c2ncco2)c1. The number of benzene rings is 2. The van der Waals surface area contributed by atoms with Crippen LogP contribution in [0.25, 0.3) is 11.5 Å². The monoisotopic (exact) mass is 358 g/mol. The maximum absolute atomic E-state index is 12.8. The highest BCUT2D eigenvalue weighted by Gasteiger charge is 2.19. The lowest BCUT2D eigenvalue weighted by Crippen LogP contribution is -2.14. The van der Waals surface area contributed by atoms with Crippen molar-refractivity contribution in [2.24, 2.45) is 0 Å². The number of aromatic hydroxyl groups is 1. The molecule has 3 aromatic rings. The molecular weight excluding hydrogens is 340 g/mol. The summed E-state index contributed by atoms with van der Waals surface area (Å²) in [5.74, 6) is 0.411. The Kier molecular flexibility index (Phi) is 4.50. The third-order valence-corrected chi connectivity index (χ3v) is 5.11. The van der Waals surface area contributed by atoms with Gasteiger partial charge >= 0.3 is 0 Å². The third kappa shape index (κ3) is 3.66. The molecule has 6 nitrogen and oxygen atoms in total. The summed E-state index contributed by atoms with van der Waals surface area (Å²) < 4.78 is 33.3. The summed E-state index contributed by atoms with van der Waals surface area (Å²) in [6, 6.07) is 11.1. The number of hydrogen-bond donors (Lipinski definition) is 2.